The van der Waals surface area contributed by atoms with E-state index in [4.69, 9.17) is 41.6 Å². The van der Waals surface area contributed by atoms with Crippen LogP contribution in [-0.2, 0) is 28.5 Å². The topological polar surface area (TPSA) is 116 Å². The van der Waals surface area contributed by atoms with Crippen LogP contribution >= 0.6 is 0 Å². The van der Waals surface area contributed by atoms with Crippen molar-refractivity contribution < 1.29 is 38.4 Å². The second kappa shape index (κ2) is 21.4. The predicted octanol–water partition coefficient (Wildman–Crippen LogP) is -0.178. The van der Waals surface area contributed by atoms with Crippen molar-refractivity contribution in [3.63, 3.8) is 0 Å². The van der Waals surface area contributed by atoms with Gasteiger partial charge in [0.1, 0.15) is 13.2 Å². The molecule has 0 spiro atoms. The fourth-order valence-corrected chi connectivity index (χ4v) is 2.06. The van der Waals surface area contributed by atoms with Crippen LogP contribution in [0.15, 0.2) is 0 Å². The largest absolute Gasteiger partial charge is 0.465 e. The summed E-state index contributed by atoms with van der Waals surface area (Å²) in [5.41, 5.74) is 0. The number of amides is 2. The van der Waals surface area contributed by atoms with Gasteiger partial charge in [0, 0.05) is 19.6 Å². The van der Waals surface area contributed by atoms with Gasteiger partial charge in [-0.3, -0.25) is 4.79 Å². The number of terminal acetylenes is 2. The number of carbonyl (C=O) groups is 2. The van der Waals surface area contributed by atoms with E-state index >= 15 is 0 Å². The molecule has 0 saturated heterocycles. The van der Waals surface area contributed by atoms with Crippen LogP contribution in [0.2, 0.25) is 0 Å². The van der Waals surface area contributed by atoms with Crippen molar-refractivity contribution >= 4 is 12.0 Å². The minimum Gasteiger partial charge on any atom is -0.465 e. The van der Waals surface area contributed by atoms with Gasteiger partial charge in [0.2, 0.25) is 5.91 Å². The van der Waals surface area contributed by atoms with E-state index in [0.29, 0.717) is 52.7 Å². The number of carboxylic acid groups (broad SMARTS) is 1. The van der Waals surface area contributed by atoms with Crippen molar-refractivity contribution in [1.29, 1.82) is 0 Å². The number of ether oxygens (including phenoxy) is 5. The monoisotopic (exact) mass is 428 g/mol. The lowest BCUT2D eigenvalue weighted by Gasteiger charge is -2.23. The molecule has 0 heterocycles. The summed E-state index contributed by atoms with van der Waals surface area (Å²) in [5, 5.41) is 10.7. The molecule has 2 amide bonds. The Labute approximate surface area is 178 Å². The van der Waals surface area contributed by atoms with Crippen LogP contribution < -0.4 is 5.32 Å². The summed E-state index contributed by atoms with van der Waals surface area (Å²) >= 11 is 0. The maximum atomic E-state index is 12.4. The zero-order valence-corrected chi connectivity index (χ0v) is 17.3. The minimum atomic E-state index is -1.12. The molecule has 0 radical (unpaired) electrons. The fourth-order valence-electron chi connectivity index (χ4n) is 2.06. The maximum Gasteiger partial charge on any atom is 0.404 e. The highest BCUT2D eigenvalue weighted by molar-refractivity contribution is 5.76. The first-order valence-corrected chi connectivity index (χ1v) is 9.62. The molecule has 0 bridgehead atoms. The van der Waals surface area contributed by atoms with Gasteiger partial charge in [-0.25, -0.2) is 4.79 Å². The average molecular weight is 428 g/mol. The number of hydrogen-bond acceptors (Lipinski definition) is 7. The van der Waals surface area contributed by atoms with E-state index in [1.807, 2.05) is 0 Å². The molecule has 30 heavy (non-hydrogen) atoms. The third-order valence-corrected chi connectivity index (χ3v) is 3.46. The fraction of sp³-hybridized carbons (Fsp3) is 0.700. The lowest BCUT2D eigenvalue weighted by atomic mass is 10.3. The average Bonchev–Trinajstić information content (AvgIpc) is 2.73. The molecule has 0 aromatic heterocycles. The van der Waals surface area contributed by atoms with Crippen LogP contribution in [0.4, 0.5) is 4.79 Å². The molecule has 10 nitrogen and oxygen atoms in total. The Morgan fingerprint density at radius 1 is 0.767 bits per heavy atom. The molecule has 10 heteroatoms. The van der Waals surface area contributed by atoms with Gasteiger partial charge in [-0.05, 0) is 0 Å². The van der Waals surface area contributed by atoms with E-state index in [-0.39, 0.29) is 45.3 Å². The van der Waals surface area contributed by atoms with Gasteiger partial charge in [0.15, 0.2) is 0 Å². The molecular formula is C20H32N2O8. The highest BCUT2D eigenvalue weighted by atomic mass is 16.5. The normalized spacial score (nSPS) is 10.2. The molecule has 0 saturated carbocycles. The van der Waals surface area contributed by atoms with Crippen LogP contribution in [0.1, 0.15) is 6.42 Å². The molecule has 0 aromatic carbocycles. The third kappa shape index (κ3) is 19.0. The lowest BCUT2D eigenvalue weighted by molar-refractivity contribution is -0.134. The second-order valence-corrected chi connectivity index (χ2v) is 5.71. The molecule has 0 unspecified atom stereocenters. The predicted molar refractivity (Wildman–Crippen MR) is 109 cm³/mol. The molecule has 0 aromatic rings. The van der Waals surface area contributed by atoms with Crippen molar-refractivity contribution in [2.45, 2.75) is 6.42 Å². The van der Waals surface area contributed by atoms with Crippen LogP contribution in [0.25, 0.3) is 0 Å². The van der Waals surface area contributed by atoms with Crippen molar-refractivity contribution in [3.8, 4) is 24.7 Å². The maximum absolute atomic E-state index is 12.4. The highest BCUT2D eigenvalue weighted by Gasteiger charge is 2.13. The van der Waals surface area contributed by atoms with Crippen LogP contribution in [0.3, 0.4) is 0 Å². The van der Waals surface area contributed by atoms with E-state index < -0.39 is 6.09 Å². The van der Waals surface area contributed by atoms with Crippen LogP contribution in [0.5, 0.6) is 0 Å². The van der Waals surface area contributed by atoms with Gasteiger partial charge < -0.3 is 39.0 Å². The van der Waals surface area contributed by atoms with E-state index in [1.165, 1.54) is 0 Å². The summed E-state index contributed by atoms with van der Waals surface area (Å²) in [6, 6.07) is 0. The molecule has 0 aliphatic rings. The summed E-state index contributed by atoms with van der Waals surface area (Å²) in [5.74, 6) is 4.62. The van der Waals surface area contributed by atoms with Gasteiger partial charge in [-0.1, -0.05) is 11.8 Å². The van der Waals surface area contributed by atoms with Crippen LogP contribution in [0, 0.1) is 24.7 Å². The molecule has 2 N–H and O–H groups in total. The van der Waals surface area contributed by atoms with Gasteiger partial charge in [-0.15, -0.1) is 12.8 Å². The Hall–Kier alpha value is -2.34. The van der Waals surface area contributed by atoms with Crippen LogP contribution in [-0.4, -0.2) is 108 Å². The molecule has 0 aliphatic carbocycles. The Morgan fingerprint density at radius 3 is 1.77 bits per heavy atom. The van der Waals surface area contributed by atoms with Crippen molar-refractivity contribution in [2.24, 2.45) is 0 Å². The van der Waals surface area contributed by atoms with Crippen molar-refractivity contribution in [3.05, 3.63) is 0 Å². The Morgan fingerprint density at radius 2 is 1.27 bits per heavy atom. The van der Waals surface area contributed by atoms with Crippen molar-refractivity contribution in [1.82, 2.24) is 10.2 Å². The Balaban J connectivity index is 4.11. The van der Waals surface area contributed by atoms with Gasteiger partial charge in [0.25, 0.3) is 0 Å². The summed E-state index contributed by atoms with van der Waals surface area (Å²) in [7, 11) is 0. The number of carbonyl (C=O) groups excluding carboxylic acids is 1. The van der Waals surface area contributed by atoms with Gasteiger partial charge >= 0.3 is 6.09 Å². The number of hydrogen-bond donors (Lipinski definition) is 2. The quantitative estimate of drug-likeness (QED) is 0.203. The number of nitrogens with zero attached hydrogens (tertiary/aromatic N) is 1. The molecule has 0 fully saturated rings. The highest BCUT2D eigenvalue weighted by Crippen LogP contribution is 1.97. The SMILES string of the molecule is C#CCOCCOCCN(CCOCCOCC#C)C(=O)CCOCCNC(=O)O. The zero-order valence-electron chi connectivity index (χ0n) is 17.3. The third-order valence-electron chi connectivity index (χ3n) is 3.46. The summed E-state index contributed by atoms with van der Waals surface area (Å²) in [6.45, 7) is 4.04. The Kier molecular flexibility index (Phi) is 19.7. The number of nitrogens with one attached hydrogen (secondary N) is 1. The van der Waals surface area contributed by atoms with Gasteiger partial charge in [0.05, 0.1) is 59.3 Å². The lowest BCUT2D eigenvalue weighted by Crippen LogP contribution is -2.37. The first kappa shape index (κ1) is 27.7. The van der Waals surface area contributed by atoms with Crippen molar-refractivity contribution in [2.75, 3.05) is 85.7 Å². The standard InChI is InChI=1S/C20H32N2O8/c1-3-9-26-15-17-29-13-7-22(8-14-30-18-16-27-10-4-2)19(23)5-11-28-12-6-21-20(24)25/h1-2,21H,5-18H2,(H,24,25). The first-order valence-electron chi connectivity index (χ1n) is 9.62. The molecule has 0 rings (SSSR count). The van der Waals surface area contributed by atoms with E-state index in [2.05, 4.69) is 17.2 Å². The molecule has 0 atom stereocenters. The number of rotatable bonds is 20. The van der Waals surface area contributed by atoms with E-state index in [1.54, 1.807) is 4.90 Å². The van der Waals surface area contributed by atoms with E-state index in [9.17, 15) is 9.59 Å². The summed E-state index contributed by atoms with van der Waals surface area (Å²) in [6.07, 6.45) is 9.23. The summed E-state index contributed by atoms with van der Waals surface area (Å²) in [4.78, 5) is 24.4. The molecule has 170 valence electrons. The molecule has 0 aliphatic heterocycles. The zero-order chi connectivity index (χ0) is 22.3. The summed E-state index contributed by atoms with van der Waals surface area (Å²) < 4.78 is 26.4. The first-order chi connectivity index (χ1) is 14.6. The molecular weight excluding hydrogens is 396 g/mol. The second-order valence-electron chi connectivity index (χ2n) is 5.71. The van der Waals surface area contributed by atoms with Gasteiger partial charge in [-0.2, -0.15) is 0 Å². The van der Waals surface area contributed by atoms with E-state index in [0.717, 1.165) is 0 Å². The minimum absolute atomic E-state index is 0.111. The smallest absolute Gasteiger partial charge is 0.404 e. The Bertz CT molecular complexity index is 502.